The number of rotatable bonds is 6. The number of carbonyl (C=O) groups is 1. The summed E-state index contributed by atoms with van der Waals surface area (Å²) in [5.74, 6) is 5.09. The Morgan fingerprint density at radius 3 is 2.78 bits per heavy atom. The van der Waals surface area contributed by atoms with Gasteiger partial charge in [-0.1, -0.05) is 25.2 Å². The molecule has 2 rings (SSSR count). The molecule has 0 bridgehead atoms. The number of carbonyl (C=O) groups excluding carboxylic acids is 1. The molecule has 0 unspecified atom stereocenters. The molecule has 4 N–H and O–H groups in total. The van der Waals surface area contributed by atoms with Gasteiger partial charge < -0.3 is 20.7 Å². The van der Waals surface area contributed by atoms with Gasteiger partial charge in [-0.2, -0.15) is 4.98 Å². The predicted octanol–water partition coefficient (Wildman–Crippen LogP) is -0.220. The standard InChI is InChI=1S/C15H22N4O4/c16-13(21)14-17-12(19(18-14)11-23-10-9-20)5-4-8-15(22)6-2-1-3-7-15/h20,22H,1-3,6-11H2,(H2,16,21). The van der Waals surface area contributed by atoms with Crippen LogP contribution in [0.15, 0.2) is 0 Å². The Balaban J connectivity index is 2.08. The van der Waals surface area contributed by atoms with E-state index < -0.39 is 11.5 Å². The zero-order valence-corrected chi connectivity index (χ0v) is 13.0. The average Bonchev–Trinajstić information content (AvgIpc) is 2.92. The molecule has 1 saturated carbocycles. The van der Waals surface area contributed by atoms with E-state index in [1.165, 1.54) is 4.68 Å². The Morgan fingerprint density at radius 2 is 2.13 bits per heavy atom. The van der Waals surface area contributed by atoms with E-state index in [0.29, 0.717) is 6.42 Å². The van der Waals surface area contributed by atoms with E-state index in [1.54, 1.807) is 0 Å². The molecule has 0 saturated heterocycles. The molecule has 23 heavy (non-hydrogen) atoms. The van der Waals surface area contributed by atoms with Crippen molar-refractivity contribution in [2.45, 2.75) is 50.9 Å². The molecule has 0 radical (unpaired) electrons. The number of aromatic nitrogens is 3. The summed E-state index contributed by atoms with van der Waals surface area (Å²) in [6, 6.07) is 0. The summed E-state index contributed by atoms with van der Waals surface area (Å²) in [7, 11) is 0. The molecular weight excluding hydrogens is 300 g/mol. The maximum absolute atomic E-state index is 11.2. The molecule has 0 atom stereocenters. The van der Waals surface area contributed by atoms with Crippen LogP contribution in [0.2, 0.25) is 0 Å². The highest BCUT2D eigenvalue weighted by Gasteiger charge is 2.27. The molecule has 1 aromatic heterocycles. The van der Waals surface area contributed by atoms with Gasteiger partial charge in [0.2, 0.25) is 11.6 Å². The van der Waals surface area contributed by atoms with Gasteiger partial charge in [0.25, 0.3) is 5.91 Å². The van der Waals surface area contributed by atoms with Gasteiger partial charge in [-0.15, -0.1) is 5.10 Å². The molecule has 1 aromatic rings. The zero-order valence-electron chi connectivity index (χ0n) is 13.0. The van der Waals surface area contributed by atoms with E-state index in [2.05, 4.69) is 21.9 Å². The first-order valence-electron chi connectivity index (χ1n) is 7.68. The van der Waals surface area contributed by atoms with Crippen LogP contribution in [0.1, 0.15) is 55.0 Å². The highest BCUT2D eigenvalue weighted by Crippen LogP contribution is 2.30. The summed E-state index contributed by atoms with van der Waals surface area (Å²) in [4.78, 5) is 15.2. The van der Waals surface area contributed by atoms with Crippen molar-refractivity contribution in [3.63, 3.8) is 0 Å². The monoisotopic (exact) mass is 322 g/mol. The summed E-state index contributed by atoms with van der Waals surface area (Å²) in [5.41, 5.74) is 4.43. The number of hydrogen-bond acceptors (Lipinski definition) is 6. The summed E-state index contributed by atoms with van der Waals surface area (Å²) in [6.07, 6.45) is 5.02. The smallest absolute Gasteiger partial charge is 0.288 e. The van der Waals surface area contributed by atoms with Gasteiger partial charge >= 0.3 is 0 Å². The lowest BCUT2D eigenvalue weighted by atomic mass is 9.83. The van der Waals surface area contributed by atoms with Crippen molar-refractivity contribution in [2.24, 2.45) is 5.73 Å². The fourth-order valence-electron chi connectivity index (χ4n) is 2.52. The van der Waals surface area contributed by atoms with Crippen LogP contribution in [0, 0.1) is 11.8 Å². The first-order chi connectivity index (χ1) is 11.0. The minimum Gasteiger partial charge on any atom is -0.394 e. The predicted molar refractivity (Wildman–Crippen MR) is 81.1 cm³/mol. The van der Waals surface area contributed by atoms with E-state index in [9.17, 15) is 9.90 Å². The fraction of sp³-hybridized carbons (Fsp3) is 0.667. The largest absolute Gasteiger partial charge is 0.394 e. The average molecular weight is 322 g/mol. The number of nitrogens with zero attached hydrogens (tertiary/aromatic N) is 3. The third-order valence-corrected chi connectivity index (χ3v) is 3.74. The maximum Gasteiger partial charge on any atom is 0.288 e. The van der Waals surface area contributed by atoms with Crippen LogP contribution in [0.25, 0.3) is 0 Å². The molecule has 0 spiro atoms. The van der Waals surface area contributed by atoms with Crippen molar-refractivity contribution in [1.29, 1.82) is 0 Å². The van der Waals surface area contributed by atoms with Crippen molar-refractivity contribution in [2.75, 3.05) is 13.2 Å². The summed E-state index contributed by atoms with van der Waals surface area (Å²) >= 11 is 0. The summed E-state index contributed by atoms with van der Waals surface area (Å²) in [6.45, 7) is 0.0267. The van der Waals surface area contributed by atoms with Crippen LogP contribution in [0.5, 0.6) is 0 Å². The van der Waals surface area contributed by atoms with Gasteiger partial charge in [0.1, 0.15) is 6.73 Å². The van der Waals surface area contributed by atoms with Gasteiger partial charge in [-0.05, 0) is 18.8 Å². The Bertz CT molecular complexity index is 596. The molecule has 0 aromatic carbocycles. The molecule has 8 heteroatoms. The van der Waals surface area contributed by atoms with Crippen molar-refractivity contribution >= 4 is 5.91 Å². The van der Waals surface area contributed by atoms with E-state index >= 15 is 0 Å². The van der Waals surface area contributed by atoms with Crippen molar-refractivity contribution in [3.05, 3.63) is 11.6 Å². The van der Waals surface area contributed by atoms with E-state index in [4.69, 9.17) is 15.6 Å². The number of amides is 1. The molecule has 1 heterocycles. The van der Waals surface area contributed by atoms with E-state index in [0.717, 1.165) is 32.1 Å². The number of aliphatic hydroxyl groups is 2. The number of hydrogen-bond donors (Lipinski definition) is 3. The molecule has 1 aliphatic carbocycles. The third kappa shape index (κ3) is 5.03. The molecular formula is C15H22N4O4. The normalized spacial score (nSPS) is 16.6. The number of ether oxygens (including phenoxy) is 1. The molecule has 8 nitrogen and oxygen atoms in total. The second-order valence-corrected chi connectivity index (χ2v) is 5.65. The Morgan fingerprint density at radius 1 is 1.39 bits per heavy atom. The Hall–Kier alpha value is -1.95. The Kier molecular flexibility index (Phi) is 6.10. The highest BCUT2D eigenvalue weighted by atomic mass is 16.5. The first kappa shape index (κ1) is 17.4. The van der Waals surface area contributed by atoms with Gasteiger partial charge in [-0.25, -0.2) is 4.68 Å². The van der Waals surface area contributed by atoms with Crippen LogP contribution in [-0.4, -0.2) is 49.7 Å². The van der Waals surface area contributed by atoms with Crippen molar-refractivity contribution in [3.8, 4) is 11.8 Å². The minimum atomic E-state index is -0.750. The number of aliphatic hydroxyl groups excluding tert-OH is 1. The lowest BCUT2D eigenvalue weighted by Gasteiger charge is -2.30. The molecule has 126 valence electrons. The van der Waals surface area contributed by atoms with Gasteiger partial charge in [0.05, 0.1) is 18.8 Å². The molecule has 0 aliphatic heterocycles. The van der Waals surface area contributed by atoms with Crippen LogP contribution in [0.3, 0.4) is 0 Å². The molecule has 1 fully saturated rings. The maximum atomic E-state index is 11.2. The van der Waals surface area contributed by atoms with Gasteiger partial charge in [0, 0.05) is 6.42 Å². The number of primary amides is 1. The number of nitrogens with two attached hydrogens (primary N) is 1. The first-order valence-corrected chi connectivity index (χ1v) is 7.68. The van der Waals surface area contributed by atoms with Crippen LogP contribution >= 0.6 is 0 Å². The van der Waals surface area contributed by atoms with Gasteiger partial charge in [0.15, 0.2) is 0 Å². The van der Waals surface area contributed by atoms with E-state index in [-0.39, 0.29) is 31.6 Å². The zero-order chi connectivity index (χ0) is 16.7. The highest BCUT2D eigenvalue weighted by molar-refractivity contribution is 5.88. The van der Waals surface area contributed by atoms with Gasteiger partial charge in [-0.3, -0.25) is 4.79 Å². The van der Waals surface area contributed by atoms with Crippen molar-refractivity contribution in [1.82, 2.24) is 14.8 Å². The van der Waals surface area contributed by atoms with Crippen LogP contribution in [-0.2, 0) is 11.5 Å². The van der Waals surface area contributed by atoms with Crippen LogP contribution < -0.4 is 5.73 Å². The quantitative estimate of drug-likeness (QED) is 0.491. The summed E-state index contributed by atoms with van der Waals surface area (Å²) < 4.78 is 6.47. The van der Waals surface area contributed by atoms with Crippen LogP contribution in [0.4, 0.5) is 0 Å². The fourth-order valence-corrected chi connectivity index (χ4v) is 2.52. The second kappa shape index (κ2) is 8.06. The lowest BCUT2D eigenvalue weighted by Crippen LogP contribution is -2.30. The lowest BCUT2D eigenvalue weighted by molar-refractivity contribution is 0.00893. The molecule has 1 amide bonds. The molecule has 1 aliphatic rings. The summed E-state index contributed by atoms with van der Waals surface area (Å²) in [5, 5.41) is 23.1. The van der Waals surface area contributed by atoms with E-state index in [1.807, 2.05) is 0 Å². The second-order valence-electron chi connectivity index (χ2n) is 5.65. The Labute approximate surface area is 134 Å². The van der Waals surface area contributed by atoms with Crippen molar-refractivity contribution < 1.29 is 19.7 Å². The third-order valence-electron chi connectivity index (χ3n) is 3.74. The SMILES string of the molecule is NC(=O)c1nc(C#CCC2(O)CCCCC2)n(COCCO)n1. The topological polar surface area (TPSA) is 123 Å². The minimum absolute atomic E-state index is 0.00905.